The maximum absolute atomic E-state index is 12.2. The van der Waals surface area contributed by atoms with Crippen LogP contribution in [0.15, 0.2) is 57.7 Å². The first-order valence-electron chi connectivity index (χ1n) is 7.65. The summed E-state index contributed by atoms with van der Waals surface area (Å²) in [6.07, 6.45) is 0. The van der Waals surface area contributed by atoms with Crippen LogP contribution in [0.2, 0.25) is 0 Å². The molecule has 0 radical (unpaired) electrons. The Balaban J connectivity index is 1.49. The molecule has 0 saturated heterocycles. The molecule has 0 fully saturated rings. The SMILES string of the molecule is O=C(NNC(=O)c1cc2ccccc2oc1=O)c1ccc2c(c1)OCO2. The first-order valence-corrected chi connectivity index (χ1v) is 7.65. The fraction of sp³-hybridized carbons (Fsp3) is 0.0556. The number of amides is 2. The van der Waals surface area contributed by atoms with E-state index in [1.54, 1.807) is 30.3 Å². The molecule has 130 valence electrons. The second-order valence-corrected chi connectivity index (χ2v) is 5.46. The zero-order valence-electron chi connectivity index (χ0n) is 13.3. The minimum atomic E-state index is -0.793. The van der Waals surface area contributed by atoms with Crippen LogP contribution in [0.5, 0.6) is 11.5 Å². The van der Waals surface area contributed by atoms with E-state index in [1.165, 1.54) is 18.2 Å². The normalized spacial score (nSPS) is 12.0. The number of carbonyl (C=O) groups is 2. The van der Waals surface area contributed by atoms with Crippen LogP contribution in [0.3, 0.4) is 0 Å². The van der Waals surface area contributed by atoms with Crippen LogP contribution in [-0.4, -0.2) is 18.6 Å². The average Bonchev–Trinajstić information content (AvgIpc) is 3.13. The summed E-state index contributed by atoms with van der Waals surface area (Å²) in [5.74, 6) is -0.362. The molecule has 2 amide bonds. The Bertz CT molecular complexity index is 1090. The average molecular weight is 352 g/mol. The monoisotopic (exact) mass is 352 g/mol. The molecule has 3 aromatic rings. The van der Waals surface area contributed by atoms with Crippen molar-refractivity contribution in [2.75, 3.05) is 6.79 Å². The van der Waals surface area contributed by atoms with Gasteiger partial charge in [0.1, 0.15) is 11.1 Å². The molecule has 0 spiro atoms. The Hall–Kier alpha value is -3.81. The highest BCUT2D eigenvalue weighted by atomic mass is 16.7. The van der Waals surface area contributed by atoms with Crippen molar-refractivity contribution in [2.24, 2.45) is 0 Å². The molecular weight excluding hydrogens is 340 g/mol. The van der Waals surface area contributed by atoms with E-state index < -0.39 is 17.4 Å². The summed E-state index contributed by atoms with van der Waals surface area (Å²) in [5, 5.41) is 0.597. The van der Waals surface area contributed by atoms with Gasteiger partial charge >= 0.3 is 5.63 Å². The maximum Gasteiger partial charge on any atom is 0.349 e. The number of hydrogen-bond acceptors (Lipinski definition) is 6. The predicted octanol–water partition coefficient (Wildman–Crippen LogP) is 1.60. The number of nitrogens with one attached hydrogen (secondary N) is 2. The van der Waals surface area contributed by atoms with Crippen molar-refractivity contribution in [2.45, 2.75) is 0 Å². The third-order valence-electron chi connectivity index (χ3n) is 3.81. The first kappa shape index (κ1) is 15.7. The molecule has 0 saturated carbocycles. The largest absolute Gasteiger partial charge is 0.454 e. The van der Waals surface area contributed by atoms with Gasteiger partial charge in [-0.1, -0.05) is 18.2 Å². The lowest BCUT2D eigenvalue weighted by atomic mass is 10.2. The lowest BCUT2D eigenvalue weighted by molar-refractivity contribution is 0.0844. The van der Waals surface area contributed by atoms with Gasteiger partial charge in [0, 0.05) is 10.9 Å². The summed E-state index contributed by atoms with van der Waals surface area (Å²) in [6, 6.07) is 12.8. The van der Waals surface area contributed by atoms with Gasteiger partial charge in [-0.05, 0) is 30.3 Å². The number of fused-ring (bicyclic) bond motifs is 2. The van der Waals surface area contributed by atoms with Gasteiger partial charge in [-0.2, -0.15) is 0 Å². The Morgan fingerprint density at radius 3 is 2.54 bits per heavy atom. The molecule has 26 heavy (non-hydrogen) atoms. The number of benzene rings is 2. The lowest BCUT2D eigenvalue weighted by Crippen LogP contribution is -2.43. The molecule has 2 N–H and O–H groups in total. The summed E-state index contributed by atoms with van der Waals surface area (Å²) in [6.45, 7) is 0.0921. The Kier molecular flexibility index (Phi) is 3.77. The van der Waals surface area contributed by atoms with E-state index in [2.05, 4.69) is 10.9 Å². The molecule has 8 nitrogen and oxygen atoms in total. The summed E-state index contributed by atoms with van der Waals surface area (Å²) >= 11 is 0. The van der Waals surface area contributed by atoms with E-state index in [1.807, 2.05) is 0 Å². The quantitative estimate of drug-likeness (QED) is 0.536. The Labute approximate surface area is 146 Å². The molecule has 0 atom stereocenters. The van der Waals surface area contributed by atoms with Crippen molar-refractivity contribution in [3.8, 4) is 11.5 Å². The minimum Gasteiger partial charge on any atom is -0.454 e. The number of hydrazine groups is 1. The van der Waals surface area contributed by atoms with Crippen molar-refractivity contribution >= 4 is 22.8 Å². The van der Waals surface area contributed by atoms with Crippen LogP contribution in [0, 0.1) is 0 Å². The molecule has 2 aromatic carbocycles. The number of rotatable bonds is 2. The van der Waals surface area contributed by atoms with Gasteiger partial charge in [0.2, 0.25) is 6.79 Å². The van der Waals surface area contributed by atoms with Gasteiger partial charge in [-0.15, -0.1) is 0 Å². The zero-order chi connectivity index (χ0) is 18.1. The molecule has 4 rings (SSSR count). The van der Waals surface area contributed by atoms with Crippen LogP contribution >= 0.6 is 0 Å². The molecule has 1 aromatic heterocycles. The van der Waals surface area contributed by atoms with Crippen molar-refractivity contribution in [1.82, 2.24) is 10.9 Å². The Morgan fingerprint density at radius 1 is 0.885 bits per heavy atom. The van der Waals surface area contributed by atoms with Crippen molar-refractivity contribution in [1.29, 1.82) is 0 Å². The van der Waals surface area contributed by atoms with E-state index in [9.17, 15) is 14.4 Å². The van der Waals surface area contributed by atoms with Crippen LogP contribution in [-0.2, 0) is 0 Å². The van der Waals surface area contributed by atoms with Gasteiger partial charge in [0.05, 0.1) is 0 Å². The molecular formula is C18H12N2O6. The van der Waals surface area contributed by atoms with E-state index >= 15 is 0 Å². The highest BCUT2D eigenvalue weighted by Crippen LogP contribution is 2.32. The van der Waals surface area contributed by atoms with Crippen LogP contribution in [0.4, 0.5) is 0 Å². The minimum absolute atomic E-state index is 0.0921. The molecule has 8 heteroatoms. The van der Waals surface area contributed by atoms with Gasteiger partial charge in [0.15, 0.2) is 11.5 Å². The summed E-state index contributed by atoms with van der Waals surface area (Å²) in [5.41, 5.74) is 4.08. The number of para-hydroxylation sites is 1. The summed E-state index contributed by atoms with van der Waals surface area (Å²) in [4.78, 5) is 36.3. The van der Waals surface area contributed by atoms with Crippen LogP contribution in [0.25, 0.3) is 11.0 Å². The van der Waals surface area contributed by atoms with Gasteiger partial charge < -0.3 is 13.9 Å². The van der Waals surface area contributed by atoms with Crippen molar-refractivity contribution in [3.05, 3.63) is 70.1 Å². The molecule has 2 heterocycles. The zero-order valence-corrected chi connectivity index (χ0v) is 13.3. The topological polar surface area (TPSA) is 107 Å². The fourth-order valence-electron chi connectivity index (χ4n) is 2.51. The van der Waals surface area contributed by atoms with E-state index in [-0.39, 0.29) is 17.9 Å². The maximum atomic E-state index is 12.2. The van der Waals surface area contributed by atoms with E-state index in [0.717, 1.165) is 0 Å². The van der Waals surface area contributed by atoms with E-state index in [4.69, 9.17) is 13.9 Å². The third-order valence-corrected chi connectivity index (χ3v) is 3.81. The van der Waals surface area contributed by atoms with Crippen molar-refractivity contribution in [3.63, 3.8) is 0 Å². The first-order chi connectivity index (χ1) is 12.6. The van der Waals surface area contributed by atoms with Gasteiger partial charge in [0.25, 0.3) is 11.8 Å². The second kappa shape index (κ2) is 6.25. The Morgan fingerprint density at radius 2 is 1.65 bits per heavy atom. The number of carbonyl (C=O) groups excluding carboxylic acids is 2. The highest BCUT2D eigenvalue weighted by Gasteiger charge is 2.18. The van der Waals surface area contributed by atoms with Crippen LogP contribution in [0.1, 0.15) is 20.7 Å². The fourth-order valence-corrected chi connectivity index (χ4v) is 2.51. The summed E-state index contributed by atoms with van der Waals surface area (Å²) in [7, 11) is 0. The third kappa shape index (κ3) is 2.84. The van der Waals surface area contributed by atoms with Crippen molar-refractivity contribution < 1.29 is 23.5 Å². The van der Waals surface area contributed by atoms with Gasteiger partial charge in [-0.3, -0.25) is 20.4 Å². The standard InChI is InChI=1S/C18H12N2O6/c21-16(11-5-6-14-15(8-11)25-9-24-14)19-20-17(22)12-7-10-3-1-2-4-13(10)26-18(12)23/h1-8H,9H2,(H,19,21)(H,20,22). The predicted molar refractivity (Wildman–Crippen MR) is 90.0 cm³/mol. The molecule has 1 aliphatic heterocycles. The molecule has 0 unspecified atom stereocenters. The highest BCUT2D eigenvalue weighted by molar-refractivity contribution is 6.00. The van der Waals surface area contributed by atoms with E-state index in [0.29, 0.717) is 22.5 Å². The molecule has 0 bridgehead atoms. The number of hydrogen-bond donors (Lipinski definition) is 2. The second-order valence-electron chi connectivity index (χ2n) is 5.46. The van der Waals surface area contributed by atoms with Crippen LogP contribution < -0.4 is 26.0 Å². The molecule has 0 aliphatic carbocycles. The lowest BCUT2D eigenvalue weighted by Gasteiger charge is -2.08. The molecule has 1 aliphatic rings. The summed E-state index contributed by atoms with van der Waals surface area (Å²) < 4.78 is 15.5. The number of ether oxygens (including phenoxy) is 2. The van der Waals surface area contributed by atoms with Gasteiger partial charge in [-0.25, -0.2) is 4.79 Å². The smallest absolute Gasteiger partial charge is 0.349 e.